The first-order valence-corrected chi connectivity index (χ1v) is 9.36. The first-order chi connectivity index (χ1) is 11.5. The molecule has 7 heteroatoms. The molecular formula is C17H19FN2O2S2. The topological polar surface area (TPSA) is 58.2 Å². The lowest BCUT2D eigenvalue weighted by molar-refractivity contribution is -0.120. The fourth-order valence-electron chi connectivity index (χ4n) is 1.90. The summed E-state index contributed by atoms with van der Waals surface area (Å²) in [4.78, 5) is 25.0. The van der Waals surface area contributed by atoms with Gasteiger partial charge in [-0.15, -0.1) is 23.1 Å². The first kappa shape index (κ1) is 18.5. The van der Waals surface area contributed by atoms with Crippen molar-refractivity contribution in [1.29, 1.82) is 0 Å². The Morgan fingerprint density at radius 3 is 2.58 bits per heavy atom. The van der Waals surface area contributed by atoms with Crippen molar-refractivity contribution in [2.24, 2.45) is 0 Å². The molecule has 1 aromatic carbocycles. The number of benzene rings is 1. The van der Waals surface area contributed by atoms with E-state index in [2.05, 4.69) is 10.6 Å². The summed E-state index contributed by atoms with van der Waals surface area (Å²) >= 11 is 2.87. The zero-order valence-electron chi connectivity index (χ0n) is 13.5. The Balaban J connectivity index is 1.72. The van der Waals surface area contributed by atoms with Gasteiger partial charge in [-0.3, -0.25) is 9.59 Å². The second-order valence-electron chi connectivity index (χ2n) is 5.25. The van der Waals surface area contributed by atoms with Gasteiger partial charge in [-0.2, -0.15) is 0 Å². The zero-order valence-corrected chi connectivity index (χ0v) is 15.1. The molecule has 1 aromatic heterocycles. The third-order valence-electron chi connectivity index (χ3n) is 3.35. The summed E-state index contributed by atoms with van der Waals surface area (Å²) in [5.41, 5.74) is 1.70. The van der Waals surface area contributed by atoms with Gasteiger partial charge in [0, 0.05) is 10.6 Å². The number of anilines is 1. The van der Waals surface area contributed by atoms with Gasteiger partial charge in [-0.1, -0.05) is 0 Å². The van der Waals surface area contributed by atoms with Crippen LogP contribution in [0.25, 0.3) is 0 Å². The van der Waals surface area contributed by atoms with Crippen molar-refractivity contribution in [1.82, 2.24) is 5.32 Å². The van der Waals surface area contributed by atoms with Crippen molar-refractivity contribution >= 4 is 40.6 Å². The van der Waals surface area contributed by atoms with Gasteiger partial charge in [0.2, 0.25) is 11.8 Å². The minimum Gasteiger partial charge on any atom is -0.350 e. The van der Waals surface area contributed by atoms with Gasteiger partial charge < -0.3 is 10.6 Å². The summed E-state index contributed by atoms with van der Waals surface area (Å²) < 4.78 is 12.8. The maximum atomic E-state index is 12.8. The van der Waals surface area contributed by atoms with Crippen molar-refractivity contribution in [3.8, 4) is 0 Å². The highest BCUT2D eigenvalue weighted by Gasteiger charge is 2.15. The molecular weight excluding hydrogens is 347 g/mol. The van der Waals surface area contributed by atoms with Crippen LogP contribution in [0.5, 0.6) is 0 Å². The summed E-state index contributed by atoms with van der Waals surface area (Å²) in [5, 5.41) is 7.22. The molecule has 2 aromatic rings. The number of thiophene rings is 1. The molecule has 1 atom stereocenters. The number of thioether (sulfide) groups is 1. The number of nitrogens with one attached hydrogen (secondary N) is 2. The van der Waals surface area contributed by atoms with Gasteiger partial charge in [-0.05, 0) is 55.1 Å². The van der Waals surface area contributed by atoms with Crippen LogP contribution in [0, 0.1) is 12.7 Å². The molecule has 2 amide bonds. The summed E-state index contributed by atoms with van der Waals surface area (Å²) in [6, 6.07) is 7.58. The highest BCUT2D eigenvalue weighted by atomic mass is 32.2. The first-order valence-electron chi connectivity index (χ1n) is 7.43. The predicted molar refractivity (Wildman–Crippen MR) is 97.9 cm³/mol. The van der Waals surface area contributed by atoms with Crippen LogP contribution in [0.2, 0.25) is 0 Å². The van der Waals surface area contributed by atoms with E-state index in [1.807, 2.05) is 18.4 Å². The molecule has 4 nitrogen and oxygen atoms in total. The molecule has 1 unspecified atom stereocenters. The molecule has 0 radical (unpaired) electrons. The SMILES string of the molecule is Cc1ccsc1CNC(=O)C(C)SCC(=O)Nc1ccc(F)cc1. The number of halogens is 1. The fourth-order valence-corrected chi connectivity index (χ4v) is 3.46. The number of amides is 2. The Hall–Kier alpha value is -1.86. The van der Waals surface area contributed by atoms with Gasteiger partial charge >= 0.3 is 0 Å². The molecule has 24 heavy (non-hydrogen) atoms. The molecule has 1 heterocycles. The summed E-state index contributed by atoms with van der Waals surface area (Å²) in [6.45, 7) is 4.29. The van der Waals surface area contributed by atoms with Crippen LogP contribution in [-0.2, 0) is 16.1 Å². The quantitative estimate of drug-likeness (QED) is 0.788. The zero-order chi connectivity index (χ0) is 17.5. The lowest BCUT2D eigenvalue weighted by atomic mass is 10.3. The molecule has 0 fully saturated rings. The lowest BCUT2D eigenvalue weighted by Crippen LogP contribution is -2.31. The van der Waals surface area contributed by atoms with Crippen LogP contribution >= 0.6 is 23.1 Å². The van der Waals surface area contributed by atoms with E-state index in [1.54, 1.807) is 18.3 Å². The van der Waals surface area contributed by atoms with Crippen molar-refractivity contribution < 1.29 is 14.0 Å². The molecule has 2 rings (SSSR count). The molecule has 0 bridgehead atoms. The van der Waals surface area contributed by atoms with Crippen molar-refractivity contribution in [3.63, 3.8) is 0 Å². The average molecular weight is 366 g/mol. The fraction of sp³-hybridized carbons (Fsp3) is 0.294. The molecule has 2 N–H and O–H groups in total. The molecule has 0 spiro atoms. The Morgan fingerprint density at radius 1 is 1.25 bits per heavy atom. The van der Waals surface area contributed by atoms with Crippen molar-refractivity contribution in [2.75, 3.05) is 11.1 Å². The summed E-state index contributed by atoms with van der Waals surface area (Å²) in [6.07, 6.45) is 0. The summed E-state index contributed by atoms with van der Waals surface area (Å²) in [5.74, 6) is -0.513. The minimum absolute atomic E-state index is 0.0950. The van der Waals surface area contributed by atoms with Crippen LogP contribution in [0.15, 0.2) is 35.7 Å². The number of rotatable bonds is 7. The Labute approximate surface area is 148 Å². The second kappa shape index (κ2) is 8.84. The van der Waals surface area contributed by atoms with Gasteiger partial charge in [0.05, 0.1) is 17.5 Å². The maximum absolute atomic E-state index is 12.8. The number of carbonyl (C=O) groups is 2. The summed E-state index contributed by atoms with van der Waals surface area (Å²) in [7, 11) is 0. The molecule has 0 saturated heterocycles. The number of hydrogen-bond acceptors (Lipinski definition) is 4. The van der Waals surface area contributed by atoms with Crippen molar-refractivity contribution in [2.45, 2.75) is 25.6 Å². The largest absolute Gasteiger partial charge is 0.350 e. The molecule has 0 aliphatic carbocycles. The van der Waals surface area contributed by atoms with E-state index in [1.165, 1.54) is 41.6 Å². The molecule has 128 valence electrons. The average Bonchev–Trinajstić information content (AvgIpc) is 2.97. The van der Waals surface area contributed by atoms with Gasteiger partial charge in [0.25, 0.3) is 0 Å². The van der Waals surface area contributed by atoms with Gasteiger partial charge in [0.15, 0.2) is 0 Å². The standard InChI is InChI=1S/C17H19FN2O2S2/c1-11-7-8-23-15(11)9-19-17(22)12(2)24-10-16(21)20-14-5-3-13(18)4-6-14/h3-8,12H,9-10H2,1-2H3,(H,19,22)(H,20,21). The van der Waals surface area contributed by atoms with Crippen LogP contribution in [0.3, 0.4) is 0 Å². The minimum atomic E-state index is -0.353. The third-order valence-corrected chi connectivity index (χ3v) is 5.52. The van der Waals surface area contributed by atoms with Crippen LogP contribution in [0.1, 0.15) is 17.4 Å². The van der Waals surface area contributed by atoms with Crippen LogP contribution in [0.4, 0.5) is 10.1 Å². The van der Waals surface area contributed by atoms with Crippen LogP contribution in [-0.4, -0.2) is 22.8 Å². The lowest BCUT2D eigenvalue weighted by Gasteiger charge is -2.12. The molecule has 0 saturated carbocycles. The number of aryl methyl sites for hydroxylation is 1. The van der Waals surface area contributed by atoms with E-state index >= 15 is 0 Å². The normalized spacial score (nSPS) is 11.8. The van der Waals surface area contributed by atoms with E-state index in [0.29, 0.717) is 12.2 Å². The van der Waals surface area contributed by atoms with Gasteiger partial charge in [-0.25, -0.2) is 4.39 Å². The number of carbonyl (C=O) groups excluding carboxylic acids is 2. The van der Waals surface area contributed by atoms with Gasteiger partial charge in [0.1, 0.15) is 5.82 Å². The predicted octanol–water partition coefficient (Wildman–Crippen LogP) is 3.57. The van der Waals surface area contributed by atoms with E-state index in [-0.39, 0.29) is 28.6 Å². The molecule has 0 aliphatic rings. The van der Waals surface area contributed by atoms with E-state index in [4.69, 9.17) is 0 Å². The smallest absolute Gasteiger partial charge is 0.234 e. The molecule has 0 aliphatic heterocycles. The maximum Gasteiger partial charge on any atom is 0.234 e. The third kappa shape index (κ3) is 5.65. The van der Waals surface area contributed by atoms with E-state index < -0.39 is 0 Å². The van der Waals surface area contributed by atoms with Crippen molar-refractivity contribution in [3.05, 3.63) is 52.0 Å². The Kier molecular flexibility index (Phi) is 6.81. The highest BCUT2D eigenvalue weighted by molar-refractivity contribution is 8.01. The Bertz CT molecular complexity index is 701. The number of hydrogen-bond donors (Lipinski definition) is 2. The Morgan fingerprint density at radius 2 is 1.96 bits per heavy atom. The van der Waals surface area contributed by atoms with Crippen LogP contribution < -0.4 is 10.6 Å². The van der Waals surface area contributed by atoms with E-state index in [0.717, 1.165) is 4.88 Å². The van der Waals surface area contributed by atoms with E-state index in [9.17, 15) is 14.0 Å². The second-order valence-corrected chi connectivity index (χ2v) is 7.58. The monoisotopic (exact) mass is 366 g/mol. The highest BCUT2D eigenvalue weighted by Crippen LogP contribution is 2.16.